The molecule has 0 fully saturated rings. The maximum absolute atomic E-state index is 13.1. The van der Waals surface area contributed by atoms with E-state index in [-0.39, 0.29) is 5.69 Å². The van der Waals surface area contributed by atoms with Crippen molar-refractivity contribution in [3.05, 3.63) is 51.2 Å². The summed E-state index contributed by atoms with van der Waals surface area (Å²) < 4.78 is 31.1. The van der Waals surface area contributed by atoms with Gasteiger partial charge < -0.3 is 10.1 Å². The van der Waals surface area contributed by atoms with Crippen molar-refractivity contribution in [3.8, 4) is 0 Å². The smallest absolute Gasteiger partial charge is 0.349 e. The standard InChI is InChI=1S/C17H17F2NO3S/c1-4-11-7-15(24-10(11)3)17(22)23-9(2)16(21)20-12-5-6-13(18)14(19)8-12/h5-9H,4H2,1-3H3,(H,20,21)/t9-/m1/s1. The lowest BCUT2D eigenvalue weighted by Gasteiger charge is -2.13. The first-order chi connectivity index (χ1) is 11.3. The van der Waals surface area contributed by atoms with Gasteiger partial charge >= 0.3 is 5.97 Å². The highest BCUT2D eigenvalue weighted by molar-refractivity contribution is 7.14. The molecule has 128 valence electrons. The lowest BCUT2D eigenvalue weighted by atomic mass is 10.2. The number of hydrogen-bond donors (Lipinski definition) is 1. The maximum Gasteiger partial charge on any atom is 0.349 e. The zero-order chi connectivity index (χ0) is 17.9. The van der Waals surface area contributed by atoms with Crippen molar-refractivity contribution in [3.63, 3.8) is 0 Å². The Kier molecular flexibility index (Phi) is 5.66. The normalized spacial score (nSPS) is 11.9. The van der Waals surface area contributed by atoms with E-state index in [1.165, 1.54) is 24.3 Å². The molecule has 0 spiro atoms. The minimum absolute atomic E-state index is 0.0852. The summed E-state index contributed by atoms with van der Waals surface area (Å²) in [5, 5.41) is 2.37. The van der Waals surface area contributed by atoms with Crippen molar-refractivity contribution in [2.75, 3.05) is 5.32 Å². The Morgan fingerprint density at radius 3 is 2.54 bits per heavy atom. The molecule has 0 aliphatic carbocycles. The van der Waals surface area contributed by atoms with Crippen molar-refractivity contribution in [2.24, 2.45) is 0 Å². The van der Waals surface area contributed by atoms with Gasteiger partial charge in [-0.3, -0.25) is 4.79 Å². The van der Waals surface area contributed by atoms with Gasteiger partial charge in [-0.05, 0) is 44.0 Å². The van der Waals surface area contributed by atoms with Gasteiger partial charge in [0, 0.05) is 16.6 Å². The molecule has 2 rings (SSSR count). The van der Waals surface area contributed by atoms with E-state index in [1.807, 2.05) is 13.8 Å². The van der Waals surface area contributed by atoms with Crippen LogP contribution in [0.15, 0.2) is 24.3 Å². The number of halogens is 2. The summed E-state index contributed by atoms with van der Waals surface area (Å²) in [4.78, 5) is 25.6. The lowest BCUT2D eigenvalue weighted by molar-refractivity contribution is -0.123. The molecule has 1 aromatic carbocycles. The average Bonchev–Trinajstić information content (AvgIpc) is 2.92. The summed E-state index contributed by atoms with van der Waals surface area (Å²) in [5.74, 6) is -3.29. The average molecular weight is 353 g/mol. The number of benzene rings is 1. The molecule has 7 heteroatoms. The minimum Gasteiger partial charge on any atom is -0.448 e. The highest BCUT2D eigenvalue weighted by Gasteiger charge is 2.21. The van der Waals surface area contributed by atoms with Crippen LogP contribution >= 0.6 is 11.3 Å². The van der Waals surface area contributed by atoms with E-state index in [0.717, 1.165) is 29.0 Å². The number of carbonyl (C=O) groups excluding carboxylic acids is 2. The number of hydrogen-bond acceptors (Lipinski definition) is 4. The Hall–Kier alpha value is -2.28. The predicted octanol–water partition coefficient (Wildman–Crippen LogP) is 4.08. The Labute approximate surface area is 142 Å². The Morgan fingerprint density at radius 2 is 1.96 bits per heavy atom. The monoisotopic (exact) mass is 353 g/mol. The highest BCUT2D eigenvalue weighted by Crippen LogP contribution is 2.23. The van der Waals surface area contributed by atoms with Gasteiger partial charge in [-0.2, -0.15) is 0 Å². The van der Waals surface area contributed by atoms with Crippen molar-refractivity contribution >= 4 is 28.9 Å². The number of ether oxygens (including phenoxy) is 1. The van der Waals surface area contributed by atoms with Crippen LogP contribution in [0.25, 0.3) is 0 Å². The van der Waals surface area contributed by atoms with Crippen LogP contribution in [0.4, 0.5) is 14.5 Å². The van der Waals surface area contributed by atoms with Gasteiger partial charge in [-0.1, -0.05) is 6.92 Å². The summed E-state index contributed by atoms with van der Waals surface area (Å²) in [6, 6.07) is 4.74. The number of thiophene rings is 1. The van der Waals surface area contributed by atoms with E-state index < -0.39 is 29.6 Å². The first-order valence-electron chi connectivity index (χ1n) is 7.38. The molecule has 1 heterocycles. The molecule has 1 amide bonds. The molecule has 0 radical (unpaired) electrons. The fourth-order valence-corrected chi connectivity index (χ4v) is 3.06. The Balaban J connectivity index is 1.99. The molecule has 1 N–H and O–H groups in total. The van der Waals surface area contributed by atoms with E-state index >= 15 is 0 Å². The van der Waals surface area contributed by atoms with Crippen molar-refractivity contribution in [1.82, 2.24) is 0 Å². The van der Waals surface area contributed by atoms with E-state index in [1.54, 1.807) is 6.07 Å². The van der Waals surface area contributed by atoms with E-state index in [0.29, 0.717) is 4.88 Å². The van der Waals surface area contributed by atoms with Crippen LogP contribution in [0.5, 0.6) is 0 Å². The highest BCUT2D eigenvalue weighted by atomic mass is 32.1. The molecular formula is C17H17F2NO3S. The Bertz CT molecular complexity index is 773. The van der Waals surface area contributed by atoms with Gasteiger partial charge in [0.1, 0.15) is 4.88 Å². The van der Waals surface area contributed by atoms with Crippen LogP contribution in [-0.4, -0.2) is 18.0 Å². The predicted molar refractivity (Wildman–Crippen MR) is 88.3 cm³/mol. The number of aryl methyl sites for hydroxylation is 2. The van der Waals surface area contributed by atoms with Crippen molar-refractivity contribution < 1.29 is 23.1 Å². The SMILES string of the molecule is CCc1cc(C(=O)O[C@H](C)C(=O)Nc2ccc(F)c(F)c2)sc1C. The van der Waals surface area contributed by atoms with Crippen LogP contribution in [0.1, 0.15) is 34.0 Å². The van der Waals surface area contributed by atoms with Gasteiger partial charge in [-0.15, -0.1) is 11.3 Å². The molecule has 2 aromatic rings. The summed E-state index contributed by atoms with van der Waals surface area (Å²) in [6.07, 6.45) is -0.264. The third-order valence-corrected chi connectivity index (χ3v) is 4.52. The molecule has 0 aliphatic rings. The van der Waals surface area contributed by atoms with Crippen LogP contribution in [-0.2, 0) is 16.0 Å². The largest absolute Gasteiger partial charge is 0.448 e. The lowest BCUT2D eigenvalue weighted by Crippen LogP contribution is -2.29. The van der Waals surface area contributed by atoms with Crippen LogP contribution < -0.4 is 5.32 Å². The van der Waals surface area contributed by atoms with Crippen LogP contribution in [0, 0.1) is 18.6 Å². The summed E-state index contributed by atoms with van der Waals surface area (Å²) in [5.41, 5.74) is 1.15. The zero-order valence-corrected chi connectivity index (χ0v) is 14.3. The third kappa shape index (κ3) is 4.17. The number of anilines is 1. The third-order valence-electron chi connectivity index (χ3n) is 3.44. The van der Waals surface area contributed by atoms with Gasteiger partial charge in [0.15, 0.2) is 17.7 Å². The second kappa shape index (κ2) is 7.53. The number of rotatable bonds is 5. The molecule has 0 bridgehead atoms. The van der Waals surface area contributed by atoms with E-state index in [9.17, 15) is 18.4 Å². The number of nitrogens with one attached hydrogen (secondary N) is 1. The first kappa shape index (κ1) is 18.1. The van der Waals surface area contributed by atoms with Crippen molar-refractivity contribution in [1.29, 1.82) is 0 Å². The Morgan fingerprint density at radius 1 is 1.25 bits per heavy atom. The number of amides is 1. The van der Waals surface area contributed by atoms with Gasteiger partial charge in [0.2, 0.25) is 0 Å². The second-order valence-electron chi connectivity index (χ2n) is 5.21. The first-order valence-corrected chi connectivity index (χ1v) is 8.19. The zero-order valence-electron chi connectivity index (χ0n) is 13.5. The molecule has 0 aliphatic heterocycles. The van der Waals surface area contributed by atoms with Crippen molar-refractivity contribution in [2.45, 2.75) is 33.3 Å². The molecule has 1 atom stereocenters. The molecular weight excluding hydrogens is 336 g/mol. The van der Waals surface area contributed by atoms with Gasteiger partial charge in [-0.25, -0.2) is 13.6 Å². The fourth-order valence-electron chi connectivity index (χ4n) is 2.06. The van der Waals surface area contributed by atoms with Crippen LogP contribution in [0.3, 0.4) is 0 Å². The maximum atomic E-state index is 13.1. The number of esters is 1. The molecule has 0 saturated heterocycles. The number of carbonyl (C=O) groups is 2. The van der Waals surface area contributed by atoms with Crippen LogP contribution in [0.2, 0.25) is 0 Å². The van der Waals surface area contributed by atoms with Gasteiger partial charge in [0.05, 0.1) is 0 Å². The topological polar surface area (TPSA) is 55.4 Å². The molecule has 24 heavy (non-hydrogen) atoms. The van der Waals surface area contributed by atoms with Gasteiger partial charge in [0.25, 0.3) is 5.91 Å². The minimum atomic E-state index is -1.07. The molecule has 0 unspecified atom stereocenters. The summed E-state index contributed by atoms with van der Waals surface area (Å²) >= 11 is 1.31. The van der Waals surface area contributed by atoms with E-state index in [2.05, 4.69) is 5.32 Å². The molecule has 4 nitrogen and oxygen atoms in total. The summed E-state index contributed by atoms with van der Waals surface area (Å²) in [7, 11) is 0. The molecule has 0 saturated carbocycles. The second-order valence-corrected chi connectivity index (χ2v) is 6.47. The molecule has 1 aromatic heterocycles. The summed E-state index contributed by atoms with van der Waals surface area (Å²) in [6.45, 7) is 5.32. The quantitative estimate of drug-likeness (QED) is 0.824. The fraction of sp³-hybridized carbons (Fsp3) is 0.294. The van der Waals surface area contributed by atoms with E-state index in [4.69, 9.17) is 4.74 Å².